The fraction of sp³-hybridized carbons (Fsp3) is 0. The lowest BCUT2D eigenvalue weighted by Gasteiger charge is -1.97. The Kier molecular flexibility index (Phi) is 1.22. The molecular formula is C8H6N2O. The average Bonchev–Trinajstić information content (AvgIpc) is 2.55. The van der Waals surface area contributed by atoms with Crippen LogP contribution in [0.4, 0.5) is 0 Å². The minimum Gasteiger partial charge on any atom is -0.305 e. The molecule has 0 aliphatic carbocycles. The molecule has 1 aromatic rings. The minimum absolute atomic E-state index is 0.0406. The molecule has 0 aromatic carbocycles. The third-order valence-electron chi connectivity index (χ3n) is 1.49. The second-order valence-corrected chi connectivity index (χ2v) is 2.22. The molecule has 0 atom stereocenters. The Hall–Kier alpha value is -1.64. The molecule has 11 heavy (non-hydrogen) atoms. The van der Waals surface area contributed by atoms with Crippen LogP contribution in [0.5, 0.6) is 0 Å². The highest BCUT2D eigenvalue weighted by molar-refractivity contribution is 6.45. The van der Waals surface area contributed by atoms with Crippen molar-refractivity contribution >= 4 is 11.6 Å². The van der Waals surface area contributed by atoms with E-state index in [1.54, 1.807) is 17.0 Å². The number of nitrogens with zero attached hydrogens (tertiary/aromatic N) is 2. The number of carbonyl (C=O) groups is 1. The maximum Gasteiger partial charge on any atom is 0.223 e. The summed E-state index contributed by atoms with van der Waals surface area (Å²) in [5.74, 6) is 0.427. The molecule has 0 N–H and O–H groups in total. The predicted octanol–water partition coefficient (Wildman–Crippen LogP) is 0.831. The van der Waals surface area contributed by atoms with E-state index in [2.05, 4.69) is 4.99 Å². The zero-order valence-corrected chi connectivity index (χ0v) is 5.77. The van der Waals surface area contributed by atoms with Crippen LogP contribution in [-0.4, -0.2) is 16.2 Å². The van der Waals surface area contributed by atoms with Crippen molar-refractivity contribution in [3.05, 3.63) is 36.8 Å². The maximum atomic E-state index is 11.0. The predicted molar refractivity (Wildman–Crippen MR) is 41.4 cm³/mol. The zero-order valence-electron chi connectivity index (χ0n) is 5.77. The molecule has 2 heterocycles. The van der Waals surface area contributed by atoms with Crippen LogP contribution in [0.3, 0.4) is 0 Å². The van der Waals surface area contributed by atoms with E-state index in [-0.39, 0.29) is 5.78 Å². The van der Waals surface area contributed by atoms with Crippen LogP contribution >= 0.6 is 0 Å². The molecule has 3 nitrogen and oxygen atoms in total. The van der Waals surface area contributed by atoms with E-state index >= 15 is 0 Å². The van der Waals surface area contributed by atoms with Crippen LogP contribution in [0, 0.1) is 0 Å². The van der Waals surface area contributed by atoms with E-state index in [9.17, 15) is 4.79 Å². The van der Waals surface area contributed by atoms with Gasteiger partial charge in [-0.25, -0.2) is 4.99 Å². The fourth-order valence-electron chi connectivity index (χ4n) is 0.983. The molecule has 1 aliphatic rings. The fourth-order valence-corrected chi connectivity index (χ4v) is 0.983. The van der Waals surface area contributed by atoms with E-state index in [1.807, 2.05) is 12.1 Å². The SMILES string of the molecule is O=C1C=CN=C1n1cccc1. The monoisotopic (exact) mass is 146 g/mol. The molecule has 0 bridgehead atoms. The molecule has 0 saturated heterocycles. The molecule has 54 valence electrons. The van der Waals surface area contributed by atoms with E-state index in [0.29, 0.717) is 5.84 Å². The number of carbonyl (C=O) groups excluding carboxylic acids is 1. The molecule has 1 aromatic heterocycles. The molecule has 2 rings (SSSR count). The van der Waals surface area contributed by atoms with Gasteiger partial charge in [-0.05, 0) is 12.1 Å². The van der Waals surface area contributed by atoms with Gasteiger partial charge in [0.2, 0.25) is 5.78 Å². The average molecular weight is 146 g/mol. The summed E-state index contributed by atoms with van der Waals surface area (Å²) in [6.07, 6.45) is 6.56. The molecule has 0 unspecified atom stereocenters. The zero-order chi connectivity index (χ0) is 7.68. The molecule has 3 heteroatoms. The summed E-state index contributed by atoms with van der Waals surface area (Å²) in [5, 5.41) is 0. The number of ketones is 1. The number of aromatic nitrogens is 1. The highest BCUT2D eigenvalue weighted by atomic mass is 16.1. The van der Waals surface area contributed by atoms with Crippen molar-refractivity contribution in [1.82, 2.24) is 4.57 Å². The van der Waals surface area contributed by atoms with Crippen molar-refractivity contribution in [3.8, 4) is 0 Å². The van der Waals surface area contributed by atoms with Crippen molar-refractivity contribution in [2.75, 3.05) is 0 Å². The van der Waals surface area contributed by atoms with E-state index in [1.165, 1.54) is 12.3 Å². The van der Waals surface area contributed by atoms with Crippen LogP contribution in [0.1, 0.15) is 0 Å². The normalized spacial score (nSPS) is 15.6. The number of hydrogen-bond donors (Lipinski definition) is 0. The highest BCUT2D eigenvalue weighted by Gasteiger charge is 2.12. The third kappa shape index (κ3) is 0.902. The summed E-state index contributed by atoms with van der Waals surface area (Å²) in [6.45, 7) is 0. The lowest BCUT2D eigenvalue weighted by molar-refractivity contribution is -0.108. The quantitative estimate of drug-likeness (QED) is 0.533. The Balaban J connectivity index is 2.40. The summed E-state index contributed by atoms with van der Waals surface area (Å²) < 4.78 is 1.70. The molecule has 0 fully saturated rings. The molecule has 0 amide bonds. The van der Waals surface area contributed by atoms with Gasteiger partial charge in [-0.3, -0.25) is 4.79 Å². The summed E-state index contributed by atoms with van der Waals surface area (Å²) in [7, 11) is 0. The number of rotatable bonds is 0. The highest BCUT2D eigenvalue weighted by Crippen LogP contribution is 2.00. The largest absolute Gasteiger partial charge is 0.305 e. The Morgan fingerprint density at radius 2 is 2.00 bits per heavy atom. The first-order valence-electron chi connectivity index (χ1n) is 3.30. The minimum atomic E-state index is -0.0406. The third-order valence-corrected chi connectivity index (χ3v) is 1.49. The van der Waals surface area contributed by atoms with Crippen molar-refractivity contribution in [1.29, 1.82) is 0 Å². The standard InChI is InChI=1S/C8H6N2O/c11-7-3-4-9-8(7)10-5-1-2-6-10/h1-6H. The summed E-state index contributed by atoms with van der Waals surface area (Å²) in [6, 6.07) is 3.71. The Bertz CT molecular complexity index is 333. The maximum absolute atomic E-state index is 11.0. The molecule has 0 saturated carbocycles. The van der Waals surface area contributed by atoms with Gasteiger partial charge in [-0.1, -0.05) is 0 Å². The first-order valence-corrected chi connectivity index (χ1v) is 3.30. The van der Waals surface area contributed by atoms with E-state index in [0.717, 1.165) is 0 Å². The second kappa shape index (κ2) is 2.20. The first-order chi connectivity index (χ1) is 5.38. The first kappa shape index (κ1) is 6.09. The van der Waals surface area contributed by atoms with Gasteiger partial charge in [0.05, 0.1) is 0 Å². The van der Waals surface area contributed by atoms with Crippen LogP contribution < -0.4 is 0 Å². The van der Waals surface area contributed by atoms with Crippen molar-refractivity contribution in [2.24, 2.45) is 4.99 Å². The number of allylic oxidation sites excluding steroid dienone is 1. The summed E-state index contributed by atoms with van der Waals surface area (Å²) in [4.78, 5) is 14.9. The van der Waals surface area contributed by atoms with Crippen LogP contribution in [0.15, 0.2) is 41.8 Å². The Morgan fingerprint density at radius 1 is 1.27 bits per heavy atom. The Labute approximate surface area is 63.7 Å². The van der Waals surface area contributed by atoms with Gasteiger partial charge in [-0.2, -0.15) is 0 Å². The lowest BCUT2D eigenvalue weighted by Crippen LogP contribution is -2.16. The summed E-state index contributed by atoms with van der Waals surface area (Å²) >= 11 is 0. The smallest absolute Gasteiger partial charge is 0.223 e. The van der Waals surface area contributed by atoms with Gasteiger partial charge in [0.15, 0.2) is 5.84 Å². The van der Waals surface area contributed by atoms with Crippen molar-refractivity contribution in [3.63, 3.8) is 0 Å². The van der Waals surface area contributed by atoms with Gasteiger partial charge >= 0.3 is 0 Å². The second-order valence-electron chi connectivity index (χ2n) is 2.22. The van der Waals surface area contributed by atoms with Crippen LogP contribution in [0.25, 0.3) is 0 Å². The molecule has 0 radical (unpaired) electrons. The van der Waals surface area contributed by atoms with Gasteiger partial charge in [0, 0.05) is 24.7 Å². The molecular weight excluding hydrogens is 140 g/mol. The van der Waals surface area contributed by atoms with Gasteiger partial charge in [0.1, 0.15) is 0 Å². The Morgan fingerprint density at radius 3 is 2.55 bits per heavy atom. The van der Waals surface area contributed by atoms with Gasteiger partial charge in [-0.15, -0.1) is 0 Å². The number of hydrogen-bond acceptors (Lipinski definition) is 2. The van der Waals surface area contributed by atoms with Crippen molar-refractivity contribution < 1.29 is 4.79 Å². The van der Waals surface area contributed by atoms with Crippen LogP contribution in [-0.2, 0) is 4.79 Å². The van der Waals surface area contributed by atoms with E-state index < -0.39 is 0 Å². The topological polar surface area (TPSA) is 34.4 Å². The summed E-state index contributed by atoms with van der Waals surface area (Å²) in [5.41, 5.74) is 0. The van der Waals surface area contributed by atoms with E-state index in [4.69, 9.17) is 0 Å². The molecule has 1 aliphatic heterocycles. The van der Waals surface area contributed by atoms with Gasteiger partial charge < -0.3 is 4.57 Å². The molecule has 0 spiro atoms. The van der Waals surface area contributed by atoms with Gasteiger partial charge in [0.25, 0.3) is 0 Å². The van der Waals surface area contributed by atoms with Crippen LogP contribution in [0.2, 0.25) is 0 Å². The lowest BCUT2D eigenvalue weighted by atomic mass is 10.4. The number of aliphatic imine (C=N–C) groups is 1. The van der Waals surface area contributed by atoms with Crippen molar-refractivity contribution in [2.45, 2.75) is 0 Å².